The second kappa shape index (κ2) is 40.9. The van der Waals surface area contributed by atoms with E-state index >= 15 is 0 Å². The number of hydrogen-bond acceptors (Lipinski definition) is 22. The standard InChI is InChI=1S/C80H88N6O22S2/c1-49(87)85-65-63(105-75(97)59-21-11-5-12-22-59)45-79(77(99)100,107-69(65)67(91)61(89)47-83-73(95)57-29-25-53(26-30-57)51-17-7-3-8-18-51)103-39-15-41-109-43-37-81-71(93)55-33-35-56(36-34-55)72(94)82-38-44-110-42-16-40-104-80(78(101)102)46-64(106-76(98)60-23-13-6-14-24-60)66(86-50(2)88)70(108-80)68(92)62(90)48-84-74(96)58-31-27-54(28-32-58)52-19-9-4-10-20-52/h3-14,17-36,61-70,89-92H,15-16,37-48H2,1-2H3,(H,81,93)(H,82,94)(H,83,95)(H,84,96)(H,85,87)(H,86,88)(H,99,100)(H,101,102)/t61-,62-,63+,64+,65-,66-,67?,68?,69-,70-,79-,80-/m1/s1. The fourth-order valence-electron chi connectivity index (χ4n) is 12.3. The van der Waals surface area contributed by atoms with Gasteiger partial charge in [-0.1, -0.05) is 121 Å². The zero-order chi connectivity index (χ0) is 78.7. The van der Waals surface area contributed by atoms with Crippen LogP contribution in [0, 0.1) is 0 Å². The maximum absolute atomic E-state index is 13.5. The van der Waals surface area contributed by atoms with Gasteiger partial charge in [-0.25, -0.2) is 19.2 Å². The fourth-order valence-corrected chi connectivity index (χ4v) is 13.8. The quantitative estimate of drug-likeness (QED) is 0.0164. The van der Waals surface area contributed by atoms with E-state index in [0.717, 1.165) is 36.1 Å². The van der Waals surface area contributed by atoms with Crippen molar-refractivity contribution < 1.29 is 107 Å². The number of aliphatic hydroxyl groups excluding tert-OH is 4. The van der Waals surface area contributed by atoms with E-state index in [9.17, 15) is 78.6 Å². The largest absolute Gasteiger partial charge is 0.477 e. The van der Waals surface area contributed by atoms with Crippen molar-refractivity contribution in [2.75, 3.05) is 62.4 Å². The van der Waals surface area contributed by atoms with Crippen molar-refractivity contribution in [1.29, 1.82) is 0 Å². The number of rotatable bonds is 38. The second-order valence-corrected chi connectivity index (χ2v) is 28.4. The van der Waals surface area contributed by atoms with Crippen LogP contribution in [0.25, 0.3) is 22.3 Å². The number of amides is 6. The highest BCUT2D eigenvalue weighted by Crippen LogP contribution is 2.38. The number of esters is 2. The first-order valence-electron chi connectivity index (χ1n) is 35.5. The van der Waals surface area contributed by atoms with Gasteiger partial charge in [0.1, 0.15) is 36.6 Å². The summed E-state index contributed by atoms with van der Waals surface area (Å²) in [5.74, 6) is -12.0. The van der Waals surface area contributed by atoms with Crippen LogP contribution < -0.4 is 31.9 Å². The molecule has 7 aromatic rings. The number of carboxylic acid groups (broad SMARTS) is 2. The van der Waals surface area contributed by atoms with Crippen molar-refractivity contribution in [3.8, 4) is 22.3 Å². The minimum absolute atomic E-state index is 0.0934. The van der Waals surface area contributed by atoms with Crippen molar-refractivity contribution in [3.63, 3.8) is 0 Å². The SMILES string of the molecule is CC(=O)N[C@@H]1[C@@H](OC(=O)c2ccccc2)C[C@](OCCCSCCNC(=O)c2ccc(C(=O)NCCSCCCO[C@]3(C(=O)O)C[C@H](OC(=O)c4ccccc4)[C@@H](NC(C)=O)[C@H](C(O)[C@H](O)CNC(=O)c4ccc(-c5ccccc5)cc4)O3)cc2)(C(=O)O)O[C@H]1C(O)[C@H](O)CNC(=O)c1ccc(-c2ccccc2)cc1. The smallest absolute Gasteiger partial charge is 0.364 e. The van der Waals surface area contributed by atoms with Crippen LogP contribution in [0.4, 0.5) is 0 Å². The first kappa shape index (κ1) is 83.7. The van der Waals surface area contributed by atoms with E-state index in [0.29, 0.717) is 23.0 Å². The van der Waals surface area contributed by atoms with E-state index in [-0.39, 0.29) is 72.5 Å². The summed E-state index contributed by atoms with van der Waals surface area (Å²) in [5.41, 5.74) is 4.78. The van der Waals surface area contributed by atoms with Gasteiger partial charge in [-0.05, 0) is 119 Å². The summed E-state index contributed by atoms with van der Waals surface area (Å²) in [7, 11) is 0. The lowest BCUT2D eigenvalue weighted by Crippen LogP contribution is -2.68. The van der Waals surface area contributed by atoms with Gasteiger partial charge >= 0.3 is 23.9 Å². The molecule has 30 heteroatoms. The molecule has 12 atom stereocenters. The zero-order valence-electron chi connectivity index (χ0n) is 60.2. The third-order valence-electron chi connectivity index (χ3n) is 18.0. The first-order chi connectivity index (χ1) is 52.9. The van der Waals surface area contributed by atoms with Crippen LogP contribution >= 0.6 is 23.5 Å². The van der Waals surface area contributed by atoms with Crippen molar-refractivity contribution >= 4 is 82.8 Å². The van der Waals surface area contributed by atoms with Crippen LogP contribution in [-0.4, -0.2) is 225 Å². The normalized spacial score (nSPS) is 20.5. The second-order valence-electron chi connectivity index (χ2n) is 25.9. The number of aliphatic hydroxyl groups is 4. The number of carbonyl (C=O) groups excluding carboxylic acids is 8. The van der Waals surface area contributed by atoms with Crippen LogP contribution in [0.15, 0.2) is 194 Å². The van der Waals surface area contributed by atoms with Gasteiger partial charge in [-0.15, -0.1) is 0 Å². The van der Waals surface area contributed by atoms with Crippen LogP contribution in [0.5, 0.6) is 0 Å². The highest BCUT2D eigenvalue weighted by molar-refractivity contribution is 7.99. The van der Waals surface area contributed by atoms with E-state index in [1.807, 2.05) is 60.7 Å². The van der Waals surface area contributed by atoms with E-state index in [1.54, 1.807) is 84.9 Å². The summed E-state index contributed by atoms with van der Waals surface area (Å²) < 4.78 is 35.8. The Hall–Kier alpha value is -10.4. The number of thioether (sulfide) groups is 2. The molecule has 6 amide bonds. The maximum Gasteiger partial charge on any atom is 0.364 e. The molecule has 2 aliphatic heterocycles. The monoisotopic (exact) mass is 1550 g/mol. The van der Waals surface area contributed by atoms with Crippen molar-refractivity contribution in [1.82, 2.24) is 31.9 Å². The Bertz CT molecular complexity index is 3970. The van der Waals surface area contributed by atoms with Crippen LogP contribution in [0.3, 0.4) is 0 Å². The van der Waals surface area contributed by atoms with Gasteiger partial charge in [0, 0.05) is 73.8 Å². The van der Waals surface area contributed by atoms with E-state index < -0.39 is 158 Å². The molecule has 110 heavy (non-hydrogen) atoms. The lowest BCUT2D eigenvalue weighted by atomic mass is 9.88. The van der Waals surface area contributed by atoms with Gasteiger partial charge in [-0.3, -0.25) is 28.8 Å². The number of hydrogen-bond donors (Lipinski definition) is 12. The van der Waals surface area contributed by atoms with Crippen LogP contribution in [0.1, 0.15) is 102 Å². The first-order valence-corrected chi connectivity index (χ1v) is 37.8. The Morgan fingerprint density at radius 1 is 0.409 bits per heavy atom. The molecule has 2 heterocycles. The molecule has 12 N–H and O–H groups in total. The van der Waals surface area contributed by atoms with E-state index in [4.69, 9.17) is 28.4 Å². The lowest BCUT2D eigenvalue weighted by Gasteiger charge is -2.47. The molecule has 0 spiro atoms. The van der Waals surface area contributed by atoms with Gasteiger partial charge in [-0.2, -0.15) is 23.5 Å². The van der Waals surface area contributed by atoms with Gasteiger partial charge in [0.15, 0.2) is 0 Å². The Morgan fingerprint density at radius 3 is 1.03 bits per heavy atom. The van der Waals surface area contributed by atoms with Crippen molar-refractivity contribution in [3.05, 3.63) is 228 Å². The molecule has 0 saturated carbocycles. The highest BCUT2D eigenvalue weighted by Gasteiger charge is 2.59. The van der Waals surface area contributed by atoms with Crippen LogP contribution in [0.2, 0.25) is 0 Å². The zero-order valence-corrected chi connectivity index (χ0v) is 61.8. The molecule has 582 valence electrons. The molecule has 9 rings (SSSR count). The average Bonchev–Trinajstić information content (AvgIpc) is 0.765. The topological polar surface area (TPSA) is 420 Å². The Labute approximate surface area is 642 Å². The molecule has 7 aromatic carbocycles. The molecule has 2 unspecified atom stereocenters. The summed E-state index contributed by atoms with van der Waals surface area (Å²) in [6.07, 6.45) is -15.1. The van der Waals surface area contributed by atoms with Gasteiger partial charge in [0.2, 0.25) is 11.8 Å². The van der Waals surface area contributed by atoms with Crippen LogP contribution in [-0.2, 0) is 47.6 Å². The number of benzene rings is 7. The lowest BCUT2D eigenvalue weighted by molar-refractivity contribution is -0.310. The average molecular weight is 1550 g/mol. The number of nitrogens with one attached hydrogen (secondary N) is 6. The van der Waals surface area contributed by atoms with Crippen molar-refractivity contribution in [2.24, 2.45) is 0 Å². The molecular weight excluding hydrogens is 1460 g/mol. The summed E-state index contributed by atoms with van der Waals surface area (Å²) in [5, 5.41) is 83.7. The van der Waals surface area contributed by atoms with Crippen molar-refractivity contribution in [2.45, 2.75) is 112 Å². The summed E-state index contributed by atoms with van der Waals surface area (Å²) in [4.78, 5) is 132. The predicted molar refractivity (Wildman–Crippen MR) is 406 cm³/mol. The summed E-state index contributed by atoms with van der Waals surface area (Å²) >= 11 is 2.81. The molecule has 0 radical (unpaired) electrons. The summed E-state index contributed by atoms with van der Waals surface area (Å²) in [6.45, 7) is 1.14. The van der Waals surface area contributed by atoms with Gasteiger partial charge in [0.25, 0.3) is 35.2 Å². The van der Waals surface area contributed by atoms with Gasteiger partial charge < -0.3 is 91.0 Å². The minimum atomic E-state index is -2.59. The molecule has 2 saturated heterocycles. The Kier molecular flexibility index (Phi) is 31.1. The van der Waals surface area contributed by atoms with E-state index in [1.165, 1.54) is 72.1 Å². The maximum atomic E-state index is 13.5. The molecule has 28 nitrogen and oxygen atoms in total. The summed E-state index contributed by atoms with van der Waals surface area (Å²) in [6, 6.07) is 50.9. The third kappa shape index (κ3) is 23.3. The Balaban J connectivity index is 0.711. The fraction of sp³-hybridized carbons (Fsp3) is 0.350. The van der Waals surface area contributed by atoms with Gasteiger partial charge in [0.05, 0.1) is 61.5 Å². The molecule has 2 aliphatic rings. The molecular formula is C80H88N6O22S2. The number of ether oxygens (including phenoxy) is 6. The molecule has 2 fully saturated rings. The minimum Gasteiger partial charge on any atom is -0.477 e. The molecule has 0 bridgehead atoms. The number of aliphatic carboxylic acids is 2. The predicted octanol–water partition coefficient (Wildman–Crippen LogP) is 5.66. The molecule has 0 aromatic heterocycles. The Morgan fingerprint density at radius 2 is 0.709 bits per heavy atom. The number of carboxylic acids is 2. The molecule has 0 aliphatic carbocycles. The number of carbonyl (C=O) groups is 10. The van der Waals surface area contributed by atoms with E-state index in [2.05, 4.69) is 31.9 Å². The third-order valence-corrected chi connectivity index (χ3v) is 20.1. The highest BCUT2D eigenvalue weighted by atomic mass is 32.2.